The first-order valence-corrected chi connectivity index (χ1v) is 10.8. The van der Waals surface area contributed by atoms with Crippen molar-refractivity contribution in [2.75, 3.05) is 5.32 Å². The number of carbonyl (C=O) groups excluding carboxylic acids is 1. The second kappa shape index (κ2) is 9.36. The fourth-order valence-electron chi connectivity index (χ4n) is 2.61. The van der Waals surface area contributed by atoms with Crippen molar-refractivity contribution < 1.29 is 13.9 Å². The highest BCUT2D eigenvalue weighted by atomic mass is 32.2. The molecule has 0 saturated heterocycles. The highest BCUT2D eigenvalue weighted by molar-refractivity contribution is 8.00. The van der Waals surface area contributed by atoms with E-state index >= 15 is 0 Å². The molecule has 1 N–H and O–H groups in total. The molecule has 7 nitrogen and oxygen atoms in total. The molecule has 2 aromatic heterocycles. The zero-order valence-corrected chi connectivity index (χ0v) is 18.1. The molecule has 3 rings (SSSR count). The molecule has 0 aliphatic heterocycles. The average molecular weight is 436 g/mol. The van der Waals surface area contributed by atoms with Gasteiger partial charge in [-0.1, -0.05) is 11.8 Å². The molecule has 2 unspecified atom stereocenters. The van der Waals surface area contributed by atoms with Gasteiger partial charge in [0.1, 0.15) is 11.6 Å². The van der Waals surface area contributed by atoms with Gasteiger partial charge in [0.25, 0.3) is 0 Å². The van der Waals surface area contributed by atoms with Crippen molar-refractivity contribution in [1.82, 2.24) is 19.7 Å². The smallest absolute Gasteiger partial charge is 0.239 e. The Morgan fingerprint density at radius 1 is 1.21 bits per heavy atom. The predicted molar refractivity (Wildman–Crippen MR) is 112 cm³/mol. The number of hydrogen-bond donors (Lipinski definition) is 1. The summed E-state index contributed by atoms with van der Waals surface area (Å²) in [5.74, 6) is 0.710. The van der Waals surface area contributed by atoms with Gasteiger partial charge in [-0.15, -0.1) is 21.5 Å². The van der Waals surface area contributed by atoms with Gasteiger partial charge < -0.3 is 14.6 Å². The molecule has 0 fully saturated rings. The maximum Gasteiger partial charge on any atom is 0.239 e. The third-order valence-corrected chi connectivity index (χ3v) is 5.76. The number of amides is 1. The van der Waals surface area contributed by atoms with Crippen LogP contribution in [0.5, 0.6) is 5.75 Å². The lowest BCUT2D eigenvalue weighted by atomic mass is 10.3. The Balaban J connectivity index is 1.73. The van der Waals surface area contributed by atoms with Gasteiger partial charge in [-0.2, -0.15) is 0 Å². The van der Waals surface area contributed by atoms with Gasteiger partial charge in [-0.25, -0.2) is 9.37 Å². The summed E-state index contributed by atoms with van der Waals surface area (Å²) in [6.45, 7) is 7.70. The van der Waals surface area contributed by atoms with Crippen LogP contribution in [-0.4, -0.2) is 30.9 Å². The van der Waals surface area contributed by atoms with Gasteiger partial charge in [-0.3, -0.25) is 4.79 Å². The van der Waals surface area contributed by atoms with Crippen LogP contribution in [-0.2, 0) is 4.79 Å². The standard InChI is InChI=1S/C19H22FN5O2S2/c1-11(2)25-16(12(3)27-15-7-5-14(20)6-8-15)23-24-19(25)29-13(4)17(26)22-18-21-9-10-28-18/h5-13H,1-4H3,(H,21,22,26). The first kappa shape index (κ1) is 21.3. The zero-order valence-electron chi connectivity index (χ0n) is 16.5. The van der Waals surface area contributed by atoms with E-state index in [1.54, 1.807) is 23.7 Å². The molecule has 0 saturated carbocycles. The number of hydrogen-bond acceptors (Lipinski definition) is 7. The minimum Gasteiger partial charge on any atom is -0.483 e. The largest absolute Gasteiger partial charge is 0.483 e. The van der Waals surface area contributed by atoms with Crippen molar-refractivity contribution in [2.24, 2.45) is 0 Å². The minimum absolute atomic E-state index is 0.0657. The van der Waals surface area contributed by atoms with Gasteiger partial charge >= 0.3 is 0 Å². The lowest BCUT2D eigenvalue weighted by Crippen LogP contribution is -2.23. The normalized spacial score (nSPS) is 13.3. The number of carbonyl (C=O) groups is 1. The molecule has 2 atom stereocenters. The average Bonchev–Trinajstić information content (AvgIpc) is 3.33. The molecule has 29 heavy (non-hydrogen) atoms. The number of halogens is 1. The molecule has 3 aromatic rings. The topological polar surface area (TPSA) is 81.9 Å². The molecule has 0 spiro atoms. The molecule has 0 radical (unpaired) electrons. The lowest BCUT2D eigenvalue weighted by molar-refractivity contribution is -0.115. The minimum atomic E-state index is -0.399. The van der Waals surface area contributed by atoms with Crippen molar-refractivity contribution in [3.8, 4) is 5.75 Å². The molecule has 0 aliphatic carbocycles. The van der Waals surface area contributed by atoms with Gasteiger partial charge in [0.2, 0.25) is 5.91 Å². The van der Waals surface area contributed by atoms with Gasteiger partial charge in [-0.05, 0) is 52.0 Å². The van der Waals surface area contributed by atoms with Crippen molar-refractivity contribution in [2.45, 2.75) is 50.2 Å². The van der Waals surface area contributed by atoms with Crippen LogP contribution in [0.4, 0.5) is 9.52 Å². The quantitative estimate of drug-likeness (QED) is 0.516. The van der Waals surface area contributed by atoms with Crippen LogP contribution in [0.1, 0.15) is 45.7 Å². The third-order valence-electron chi connectivity index (χ3n) is 4.01. The van der Waals surface area contributed by atoms with Gasteiger partial charge in [0, 0.05) is 17.6 Å². The van der Waals surface area contributed by atoms with Crippen molar-refractivity contribution in [1.29, 1.82) is 0 Å². The molecule has 1 aromatic carbocycles. The van der Waals surface area contributed by atoms with Crippen LogP contribution in [0.15, 0.2) is 41.0 Å². The van der Waals surface area contributed by atoms with E-state index in [9.17, 15) is 9.18 Å². The molecule has 1 amide bonds. The molecule has 0 bridgehead atoms. The predicted octanol–water partition coefficient (Wildman–Crippen LogP) is 4.71. The number of thioether (sulfide) groups is 1. The second-order valence-electron chi connectivity index (χ2n) is 6.61. The van der Waals surface area contributed by atoms with Gasteiger partial charge in [0.05, 0.1) is 5.25 Å². The number of ether oxygens (including phenoxy) is 1. The number of benzene rings is 1. The number of nitrogens with one attached hydrogen (secondary N) is 1. The summed E-state index contributed by atoms with van der Waals surface area (Å²) in [7, 11) is 0. The Morgan fingerprint density at radius 3 is 2.55 bits per heavy atom. The fourth-order valence-corrected chi connectivity index (χ4v) is 4.13. The Bertz CT molecular complexity index is 944. The van der Waals surface area contributed by atoms with E-state index in [4.69, 9.17) is 4.74 Å². The molecular weight excluding hydrogens is 413 g/mol. The SMILES string of the molecule is CC(Sc1nnc(C(C)Oc2ccc(F)cc2)n1C(C)C)C(=O)Nc1nccs1. The van der Waals surface area contributed by atoms with Crippen molar-refractivity contribution in [3.05, 3.63) is 47.5 Å². The number of thiazole rings is 1. The maximum atomic E-state index is 13.1. The summed E-state index contributed by atoms with van der Waals surface area (Å²) in [5, 5.41) is 14.0. The van der Waals surface area contributed by atoms with Crippen LogP contribution >= 0.6 is 23.1 Å². The molecule has 154 valence electrons. The molecular formula is C19H22FN5O2S2. The van der Waals surface area contributed by atoms with E-state index in [-0.39, 0.29) is 23.0 Å². The Morgan fingerprint density at radius 2 is 1.93 bits per heavy atom. The van der Waals surface area contributed by atoms with Crippen LogP contribution in [0.3, 0.4) is 0 Å². The number of rotatable bonds is 8. The van der Waals surface area contributed by atoms with E-state index in [0.29, 0.717) is 21.9 Å². The number of aromatic nitrogens is 4. The monoisotopic (exact) mass is 435 g/mol. The molecule has 0 aliphatic rings. The fraction of sp³-hybridized carbons (Fsp3) is 0.368. The molecule has 2 heterocycles. The number of anilines is 1. The van der Waals surface area contributed by atoms with Gasteiger partial charge in [0.15, 0.2) is 22.2 Å². The summed E-state index contributed by atoms with van der Waals surface area (Å²) in [5.41, 5.74) is 0. The first-order chi connectivity index (χ1) is 13.8. The lowest BCUT2D eigenvalue weighted by Gasteiger charge is -2.19. The van der Waals surface area contributed by atoms with Crippen LogP contribution in [0, 0.1) is 5.82 Å². The Kier molecular flexibility index (Phi) is 6.86. The van der Waals surface area contributed by atoms with Crippen LogP contribution < -0.4 is 10.1 Å². The Labute approximate surface area is 176 Å². The van der Waals surface area contributed by atoms with Crippen molar-refractivity contribution >= 4 is 34.1 Å². The van der Waals surface area contributed by atoms with E-state index < -0.39 is 6.10 Å². The zero-order chi connectivity index (χ0) is 21.0. The third kappa shape index (κ3) is 5.33. The molecule has 10 heteroatoms. The highest BCUT2D eigenvalue weighted by Gasteiger charge is 2.25. The number of nitrogens with zero attached hydrogens (tertiary/aromatic N) is 4. The van der Waals surface area contributed by atoms with E-state index in [1.807, 2.05) is 32.3 Å². The second-order valence-corrected chi connectivity index (χ2v) is 8.81. The highest BCUT2D eigenvalue weighted by Crippen LogP contribution is 2.30. The van der Waals surface area contributed by atoms with E-state index in [0.717, 1.165) is 0 Å². The first-order valence-electron chi connectivity index (χ1n) is 9.09. The summed E-state index contributed by atoms with van der Waals surface area (Å²) in [6.07, 6.45) is 1.24. The van der Waals surface area contributed by atoms with Crippen LogP contribution in [0.25, 0.3) is 0 Å². The van der Waals surface area contributed by atoms with E-state index in [2.05, 4.69) is 20.5 Å². The van der Waals surface area contributed by atoms with Crippen molar-refractivity contribution in [3.63, 3.8) is 0 Å². The van der Waals surface area contributed by atoms with E-state index in [1.165, 1.54) is 35.2 Å². The maximum absolute atomic E-state index is 13.1. The summed E-state index contributed by atoms with van der Waals surface area (Å²) in [6, 6.07) is 5.90. The summed E-state index contributed by atoms with van der Waals surface area (Å²) in [4.78, 5) is 16.5. The van der Waals surface area contributed by atoms with Crippen LogP contribution in [0.2, 0.25) is 0 Å². The summed E-state index contributed by atoms with van der Waals surface area (Å²) >= 11 is 2.69. The summed E-state index contributed by atoms with van der Waals surface area (Å²) < 4.78 is 21.0. The Hall–Kier alpha value is -2.46.